The Hall–Kier alpha value is -2.36. The van der Waals surface area contributed by atoms with E-state index >= 15 is 0 Å². The van der Waals surface area contributed by atoms with Gasteiger partial charge in [-0.3, -0.25) is 0 Å². The summed E-state index contributed by atoms with van der Waals surface area (Å²) in [5.74, 6) is -0.440. The number of hydrogen-bond acceptors (Lipinski definition) is 3. The van der Waals surface area contributed by atoms with Crippen molar-refractivity contribution in [1.82, 2.24) is 4.98 Å². The van der Waals surface area contributed by atoms with Crippen molar-refractivity contribution >= 4 is 17.5 Å². The first-order valence-electron chi connectivity index (χ1n) is 4.77. The first-order valence-corrected chi connectivity index (χ1v) is 4.77. The summed E-state index contributed by atoms with van der Waals surface area (Å²) >= 11 is 0. The predicted molar refractivity (Wildman–Crippen MR) is 60.9 cm³/mol. The van der Waals surface area contributed by atoms with Gasteiger partial charge in [0.2, 0.25) is 0 Å². The third-order valence-corrected chi connectivity index (χ3v) is 2.05. The number of para-hydroxylation sites is 1. The topological polar surface area (TPSA) is 62.2 Å². The van der Waals surface area contributed by atoms with Gasteiger partial charge in [-0.15, -0.1) is 0 Å². The van der Waals surface area contributed by atoms with Crippen LogP contribution in [0.2, 0.25) is 0 Å². The molecule has 0 saturated carbocycles. The van der Waals surface area contributed by atoms with Crippen molar-refractivity contribution in [3.05, 3.63) is 54.2 Å². The van der Waals surface area contributed by atoms with E-state index in [9.17, 15) is 4.79 Å². The minimum absolute atomic E-state index is 0.216. The number of hydrogen-bond donors (Lipinski definition) is 2. The largest absolute Gasteiger partial charge is 0.478 e. The molecule has 0 atom stereocenters. The number of aromatic nitrogens is 1. The first-order chi connectivity index (χ1) is 7.75. The molecule has 0 amide bonds. The SMILES string of the molecule is O=C(O)c1ccnc(Nc2ccccc2)c1. The minimum atomic E-state index is -0.960. The molecule has 2 aromatic rings. The van der Waals surface area contributed by atoms with Gasteiger partial charge in [0.25, 0.3) is 0 Å². The second-order valence-electron chi connectivity index (χ2n) is 3.23. The van der Waals surface area contributed by atoms with Crippen LogP contribution >= 0.6 is 0 Å². The summed E-state index contributed by atoms with van der Waals surface area (Å²) < 4.78 is 0. The summed E-state index contributed by atoms with van der Waals surface area (Å²) in [6, 6.07) is 12.4. The van der Waals surface area contributed by atoms with E-state index in [1.54, 1.807) is 0 Å². The smallest absolute Gasteiger partial charge is 0.335 e. The highest BCUT2D eigenvalue weighted by Gasteiger charge is 2.03. The molecule has 0 bridgehead atoms. The van der Waals surface area contributed by atoms with Crippen LogP contribution < -0.4 is 5.32 Å². The highest BCUT2D eigenvalue weighted by molar-refractivity contribution is 5.88. The molecule has 0 aliphatic carbocycles. The second kappa shape index (κ2) is 4.44. The van der Waals surface area contributed by atoms with Crippen molar-refractivity contribution in [3.63, 3.8) is 0 Å². The van der Waals surface area contributed by atoms with Crippen LogP contribution in [0.5, 0.6) is 0 Å². The molecular formula is C12H10N2O2. The number of carboxylic acids is 1. The highest BCUT2D eigenvalue weighted by Crippen LogP contribution is 2.14. The van der Waals surface area contributed by atoms with Gasteiger partial charge >= 0.3 is 5.97 Å². The van der Waals surface area contributed by atoms with Crippen molar-refractivity contribution in [1.29, 1.82) is 0 Å². The summed E-state index contributed by atoms with van der Waals surface area (Å²) in [5, 5.41) is 11.8. The summed E-state index contributed by atoms with van der Waals surface area (Å²) in [5.41, 5.74) is 1.09. The third-order valence-electron chi connectivity index (χ3n) is 2.05. The van der Waals surface area contributed by atoms with Gasteiger partial charge in [-0.05, 0) is 24.3 Å². The van der Waals surface area contributed by atoms with Crippen molar-refractivity contribution < 1.29 is 9.90 Å². The molecule has 80 valence electrons. The van der Waals surface area contributed by atoms with Gasteiger partial charge in [-0.2, -0.15) is 0 Å². The van der Waals surface area contributed by atoms with E-state index in [-0.39, 0.29) is 5.56 Å². The number of nitrogens with zero attached hydrogens (tertiary/aromatic N) is 1. The van der Waals surface area contributed by atoms with Crippen LogP contribution in [0.15, 0.2) is 48.7 Å². The monoisotopic (exact) mass is 214 g/mol. The molecular weight excluding hydrogens is 204 g/mol. The zero-order valence-electron chi connectivity index (χ0n) is 8.42. The molecule has 1 heterocycles. The highest BCUT2D eigenvalue weighted by atomic mass is 16.4. The number of nitrogens with one attached hydrogen (secondary N) is 1. The quantitative estimate of drug-likeness (QED) is 0.824. The molecule has 0 fully saturated rings. The van der Waals surface area contributed by atoms with Crippen LogP contribution in [0.3, 0.4) is 0 Å². The lowest BCUT2D eigenvalue weighted by Crippen LogP contribution is -1.99. The van der Waals surface area contributed by atoms with Crippen LogP contribution in [-0.2, 0) is 0 Å². The summed E-state index contributed by atoms with van der Waals surface area (Å²) in [7, 11) is 0. The molecule has 1 aromatic heterocycles. The number of rotatable bonds is 3. The van der Waals surface area contributed by atoms with E-state index < -0.39 is 5.97 Å². The van der Waals surface area contributed by atoms with Crippen LogP contribution in [0.1, 0.15) is 10.4 Å². The maximum atomic E-state index is 10.8. The summed E-state index contributed by atoms with van der Waals surface area (Å²) in [6.45, 7) is 0. The van der Waals surface area contributed by atoms with Crippen molar-refractivity contribution in [3.8, 4) is 0 Å². The van der Waals surface area contributed by atoms with Gasteiger partial charge in [0.1, 0.15) is 5.82 Å². The Kier molecular flexibility index (Phi) is 2.82. The van der Waals surface area contributed by atoms with E-state index in [4.69, 9.17) is 5.11 Å². The Morgan fingerprint density at radius 1 is 1.19 bits per heavy atom. The fraction of sp³-hybridized carbons (Fsp3) is 0. The fourth-order valence-electron chi connectivity index (χ4n) is 1.30. The maximum absolute atomic E-state index is 10.8. The van der Waals surface area contributed by atoms with E-state index in [1.165, 1.54) is 18.3 Å². The van der Waals surface area contributed by atoms with Gasteiger partial charge in [-0.1, -0.05) is 18.2 Å². The Morgan fingerprint density at radius 2 is 1.94 bits per heavy atom. The Bertz CT molecular complexity index is 497. The Morgan fingerprint density at radius 3 is 2.62 bits per heavy atom. The van der Waals surface area contributed by atoms with Crippen LogP contribution in [-0.4, -0.2) is 16.1 Å². The summed E-state index contributed by atoms with van der Waals surface area (Å²) in [4.78, 5) is 14.8. The van der Waals surface area contributed by atoms with Gasteiger partial charge in [0.05, 0.1) is 5.56 Å². The third kappa shape index (κ3) is 2.36. The normalized spacial score (nSPS) is 9.75. The van der Waals surface area contributed by atoms with Crippen LogP contribution in [0.25, 0.3) is 0 Å². The lowest BCUT2D eigenvalue weighted by molar-refractivity contribution is 0.0697. The van der Waals surface area contributed by atoms with E-state index in [2.05, 4.69) is 10.3 Å². The molecule has 4 heteroatoms. The molecule has 2 rings (SSSR count). The van der Waals surface area contributed by atoms with Crippen molar-refractivity contribution in [2.24, 2.45) is 0 Å². The van der Waals surface area contributed by atoms with Gasteiger partial charge in [-0.25, -0.2) is 9.78 Å². The standard InChI is InChI=1S/C12H10N2O2/c15-12(16)9-6-7-13-11(8-9)14-10-4-2-1-3-5-10/h1-8H,(H,13,14)(H,15,16). The van der Waals surface area contributed by atoms with Gasteiger partial charge < -0.3 is 10.4 Å². The van der Waals surface area contributed by atoms with E-state index in [0.717, 1.165) is 5.69 Å². The average molecular weight is 214 g/mol. The number of aromatic carboxylic acids is 1. The average Bonchev–Trinajstić information content (AvgIpc) is 2.30. The first kappa shape index (κ1) is 10.2. The fourth-order valence-corrected chi connectivity index (χ4v) is 1.30. The Labute approximate surface area is 92.6 Å². The number of pyridine rings is 1. The molecule has 4 nitrogen and oxygen atoms in total. The molecule has 0 saturated heterocycles. The number of carbonyl (C=O) groups is 1. The lowest BCUT2D eigenvalue weighted by Gasteiger charge is -2.05. The van der Waals surface area contributed by atoms with Crippen molar-refractivity contribution in [2.75, 3.05) is 5.32 Å². The molecule has 0 unspecified atom stereocenters. The molecule has 2 N–H and O–H groups in total. The zero-order valence-corrected chi connectivity index (χ0v) is 8.42. The van der Waals surface area contributed by atoms with Gasteiger partial charge in [0.15, 0.2) is 0 Å². The maximum Gasteiger partial charge on any atom is 0.335 e. The molecule has 0 aliphatic rings. The minimum Gasteiger partial charge on any atom is -0.478 e. The predicted octanol–water partition coefficient (Wildman–Crippen LogP) is 2.52. The van der Waals surface area contributed by atoms with E-state index in [0.29, 0.717) is 5.82 Å². The molecule has 0 aliphatic heterocycles. The number of anilines is 2. The Balaban J connectivity index is 2.22. The van der Waals surface area contributed by atoms with Gasteiger partial charge in [0, 0.05) is 11.9 Å². The molecule has 0 radical (unpaired) electrons. The molecule has 0 spiro atoms. The molecule has 1 aromatic carbocycles. The second-order valence-corrected chi connectivity index (χ2v) is 3.23. The van der Waals surface area contributed by atoms with E-state index in [1.807, 2.05) is 30.3 Å². The van der Waals surface area contributed by atoms with Crippen molar-refractivity contribution in [2.45, 2.75) is 0 Å². The number of carboxylic acid groups (broad SMARTS) is 1. The van der Waals surface area contributed by atoms with Crippen LogP contribution in [0.4, 0.5) is 11.5 Å². The zero-order chi connectivity index (χ0) is 11.4. The van der Waals surface area contributed by atoms with Crippen LogP contribution in [0, 0.1) is 0 Å². The molecule has 16 heavy (non-hydrogen) atoms. The summed E-state index contributed by atoms with van der Waals surface area (Å²) in [6.07, 6.45) is 1.47. The number of benzene rings is 1. The lowest BCUT2D eigenvalue weighted by atomic mass is 10.2.